The van der Waals surface area contributed by atoms with Crippen LogP contribution in [0.4, 0.5) is 0 Å². The van der Waals surface area contributed by atoms with Crippen molar-refractivity contribution in [2.45, 2.75) is 26.5 Å². The van der Waals surface area contributed by atoms with E-state index in [-0.39, 0.29) is 6.61 Å². The first-order chi connectivity index (χ1) is 7.85. The van der Waals surface area contributed by atoms with E-state index < -0.39 is 0 Å². The average Bonchev–Trinajstić information content (AvgIpc) is 2.72. The minimum absolute atomic E-state index is 0.104. The first-order valence-electron chi connectivity index (χ1n) is 5.67. The zero-order valence-electron chi connectivity index (χ0n) is 9.56. The third-order valence-corrected chi connectivity index (χ3v) is 2.87. The van der Waals surface area contributed by atoms with Gasteiger partial charge in [-0.25, -0.2) is 0 Å². The van der Waals surface area contributed by atoms with Crippen molar-refractivity contribution in [3.05, 3.63) is 59.4 Å². The standard InChI is InChI=1S/C14H17NO/c1-2-13-8-9-14(11-16)15(13)10-12-6-4-3-5-7-12/h3-9,16H,2,10-11H2,1H3. The second-order valence-corrected chi connectivity index (χ2v) is 3.90. The molecule has 0 bridgehead atoms. The molecule has 2 rings (SSSR count). The van der Waals surface area contributed by atoms with Gasteiger partial charge >= 0.3 is 0 Å². The number of aryl methyl sites for hydroxylation is 1. The fourth-order valence-corrected chi connectivity index (χ4v) is 1.97. The predicted octanol–water partition coefficient (Wildman–Crippen LogP) is 2.59. The fraction of sp³-hybridized carbons (Fsp3) is 0.286. The zero-order chi connectivity index (χ0) is 11.4. The monoisotopic (exact) mass is 215 g/mol. The van der Waals surface area contributed by atoms with Crippen LogP contribution in [0.25, 0.3) is 0 Å². The molecule has 0 unspecified atom stereocenters. The van der Waals surface area contributed by atoms with Crippen LogP contribution in [0, 0.1) is 0 Å². The summed E-state index contributed by atoms with van der Waals surface area (Å²) in [6.45, 7) is 3.08. The van der Waals surface area contributed by atoms with E-state index in [4.69, 9.17) is 0 Å². The lowest BCUT2D eigenvalue weighted by Gasteiger charge is -2.11. The van der Waals surface area contributed by atoms with Crippen LogP contribution in [0.2, 0.25) is 0 Å². The van der Waals surface area contributed by atoms with Crippen molar-refractivity contribution >= 4 is 0 Å². The summed E-state index contributed by atoms with van der Waals surface area (Å²) in [6, 6.07) is 14.4. The van der Waals surface area contributed by atoms with Crippen LogP contribution >= 0.6 is 0 Å². The number of aliphatic hydroxyl groups excluding tert-OH is 1. The molecule has 1 N–H and O–H groups in total. The molecule has 0 amide bonds. The lowest BCUT2D eigenvalue weighted by atomic mass is 10.2. The highest BCUT2D eigenvalue weighted by Crippen LogP contribution is 2.13. The molecular weight excluding hydrogens is 198 g/mol. The number of hydrogen-bond acceptors (Lipinski definition) is 1. The minimum atomic E-state index is 0.104. The Morgan fingerprint density at radius 2 is 1.69 bits per heavy atom. The van der Waals surface area contributed by atoms with Crippen LogP contribution in [-0.4, -0.2) is 9.67 Å². The number of rotatable bonds is 4. The Labute approximate surface area is 96.2 Å². The van der Waals surface area contributed by atoms with Crippen molar-refractivity contribution < 1.29 is 5.11 Å². The second kappa shape index (κ2) is 4.99. The number of nitrogens with zero attached hydrogens (tertiary/aromatic N) is 1. The van der Waals surface area contributed by atoms with Gasteiger partial charge in [0, 0.05) is 17.9 Å². The van der Waals surface area contributed by atoms with Gasteiger partial charge in [0.2, 0.25) is 0 Å². The summed E-state index contributed by atoms with van der Waals surface area (Å²) < 4.78 is 2.19. The molecule has 0 aliphatic carbocycles. The highest BCUT2D eigenvalue weighted by atomic mass is 16.3. The van der Waals surface area contributed by atoms with E-state index in [1.807, 2.05) is 24.3 Å². The van der Waals surface area contributed by atoms with Crippen molar-refractivity contribution in [1.29, 1.82) is 0 Å². The summed E-state index contributed by atoms with van der Waals surface area (Å²) in [5.41, 5.74) is 3.52. The van der Waals surface area contributed by atoms with Gasteiger partial charge in [0.15, 0.2) is 0 Å². The molecule has 0 saturated carbocycles. The summed E-state index contributed by atoms with van der Waals surface area (Å²) in [7, 11) is 0. The molecule has 0 spiro atoms. The topological polar surface area (TPSA) is 25.2 Å². The van der Waals surface area contributed by atoms with Crippen LogP contribution in [-0.2, 0) is 19.6 Å². The highest BCUT2D eigenvalue weighted by molar-refractivity contribution is 5.21. The van der Waals surface area contributed by atoms with Crippen molar-refractivity contribution in [1.82, 2.24) is 4.57 Å². The van der Waals surface area contributed by atoms with E-state index >= 15 is 0 Å². The van der Waals surface area contributed by atoms with Crippen molar-refractivity contribution in [2.75, 3.05) is 0 Å². The Hall–Kier alpha value is -1.54. The number of aromatic nitrogens is 1. The summed E-state index contributed by atoms with van der Waals surface area (Å²) in [4.78, 5) is 0. The van der Waals surface area contributed by atoms with E-state index in [1.165, 1.54) is 11.3 Å². The Morgan fingerprint density at radius 1 is 1.00 bits per heavy atom. The average molecular weight is 215 g/mol. The molecule has 16 heavy (non-hydrogen) atoms. The van der Waals surface area contributed by atoms with Gasteiger partial charge in [-0.2, -0.15) is 0 Å². The zero-order valence-corrected chi connectivity index (χ0v) is 9.56. The molecule has 0 atom stereocenters. The van der Waals surface area contributed by atoms with Crippen molar-refractivity contribution in [2.24, 2.45) is 0 Å². The van der Waals surface area contributed by atoms with E-state index in [0.29, 0.717) is 0 Å². The lowest BCUT2D eigenvalue weighted by molar-refractivity contribution is 0.271. The van der Waals surface area contributed by atoms with Gasteiger partial charge in [-0.3, -0.25) is 0 Å². The molecule has 1 aromatic carbocycles. The van der Waals surface area contributed by atoms with E-state index in [0.717, 1.165) is 18.7 Å². The number of aliphatic hydroxyl groups is 1. The molecule has 0 aliphatic rings. The Balaban J connectivity index is 2.29. The Kier molecular flexibility index (Phi) is 3.42. The SMILES string of the molecule is CCc1ccc(CO)n1Cc1ccccc1. The Bertz CT molecular complexity index is 424. The predicted molar refractivity (Wildman–Crippen MR) is 65.3 cm³/mol. The van der Waals surface area contributed by atoms with E-state index in [2.05, 4.69) is 29.7 Å². The first kappa shape index (κ1) is 11.0. The van der Waals surface area contributed by atoms with Crippen LogP contribution in [0.15, 0.2) is 42.5 Å². The maximum Gasteiger partial charge on any atom is 0.0833 e. The smallest absolute Gasteiger partial charge is 0.0833 e. The third-order valence-electron chi connectivity index (χ3n) is 2.87. The summed E-state index contributed by atoms with van der Waals surface area (Å²) in [6.07, 6.45) is 0.993. The quantitative estimate of drug-likeness (QED) is 0.833. The fourth-order valence-electron chi connectivity index (χ4n) is 1.97. The van der Waals surface area contributed by atoms with Gasteiger partial charge in [0.05, 0.1) is 6.61 Å². The first-order valence-corrected chi connectivity index (χ1v) is 5.67. The van der Waals surface area contributed by atoms with Gasteiger partial charge in [0.25, 0.3) is 0 Å². The lowest BCUT2D eigenvalue weighted by Crippen LogP contribution is -2.07. The molecule has 84 valence electrons. The second-order valence-electron chi connectivity index (χ2n) is 3.90. The maximum absolute atomic E-state index is 9.28. The van der Waals surface area contributed by atoms with Crippen LogP contribution < -0.4 is 0 Å². The largest absolute Gasteiger partial charge is 0.390 e. The highest BCUT2D eigenvalue weighted by Gasteiger charge is 2.06. The van der Waals surface area contributed by atoms with Crippen LogP contribution in [0.5, 0.6) is 0 Å². The van der Waals surface area contributed by atoms with E-state index in [1.54, 1.807) is 0 Å². The minimum Gasteiger partial charge on any atom is -0.390 e. The van der Waals surface area contributed by atoms with Gasteiger partial charge in [-0.05, 0) is 24.1 Å². The summed E-state index contributed by atoms with van der Waals surface area (Å²) in [5.74, 6) is 0. The molecule has 0 aliphatic heterocycles. The molecule has 2 heteroatoms. The van der Waals surface area contributed by atoms with Gasteiger partial charge in [0.1, 0.15) is 0 Å². The summed E-state index contributed by atoms with van der Waals surface area (Å²) >= 11 is 0. The van der Waals surface area contributed by atoms with Crippen LogP contribution in [0.3, 0.4) is 0 Å². The van der Waals surface area contributed by atoms with Gasteiger partial charge < -0.3 is 9.67 Å². The molecule has 0 fully saturated rings. The van der Waals surface area contributed by atoms with Crippen molar-refractivity contribution in [3.8, 4) is 0 Å². The third kappa shape index (κ3) is 2.17. The van der Waals surface area contributed by atoms with Crippen molar-refractivity contribution in [3.63, 3.8) is 0 Å². The molecular formula is C14H17NO. The maximum atomic E-state index is 9.28. The van der Waals surface area contributed by atoms with Crippen LogP contribution in [0.1, 0.15) is 23.9 Å². The van der Waals surface area contributed by atoms with Gasteiger partial charge in [-0.1, -0.05) is 37.3 Å². The molecule has 2 nitrogen and oxygen atoms in total. The Morgan fingerprint density at radius 3 is 2.31 bits per heavy atom. The molecule has 0 saturated heterocycles. The van der Waals surface area contributed by atoms with Gasteiger partial charge in [-0.15, -0.1) is 0 Å². The van der Waals surface area contributed by atoms with E-state index in [9.17, 15) is 5.11 Å². The molecule has 0 radical (unpaired) electrons. The normalized spacial score (nSPS) is 10.6. The molecule has 1 heterocycles. The molecule has 1 aromatic heterocycles. The number of benzene rings is 1. The molecule has 2 aromatic rings. The number of hydrogen-bond donors (Lipinski definition) is 1. The summed E-state index contributed by atoms with van der Waals surface area (Å²) in [5, 5.41) is 9.28.